The first kappa shape index (κ1) is 11.6. The number of nitrogens with one attached hydrogen (secondary N) is 1. The van der Waals surface area contributed by atoms with Gasteiger partial charge in [-0.3, -0.25) is 4.79 Å². The first-order valence-electron chi connectivity index (χ1n) is 5.76. The number of anilines is 2. The minimum atomic E-state index is 0.109. The molecule has 1 aliphatic rings. The topological polar surface area (TPSA) is 84.1 Å². The van der Waals surface area contributed by atoms with E-state index < -0.39 is 0 Å². The number of nitrogen functional groups attached to an aromatic ring is 1. The summed E-state index contributed by atoms with van der Waals surface area (Å²) in [5.74, 6) is 1.36. The van der Waals surface area contributed by atoms with Crippen molar-refractivity contribution in [3.8, 4) is 0 Å². The third-order valence-electron chi connectivity index (χ3n) is 3.06. The molecule has 6 nitrogen and oxygen atoms in total. The van der Waals surface area contributed by atoms with Gasteiger partial charge in [-0.15, -0.1) is 0 Å². The second kappa shape index (κ2) is 4.99. The van der Waals surface area contributed by atoms with Gasteiger partial charge in [-0.1, -0.05) is 0 Å². The maximum atomic E-state index is 11.5. The van der Waals surface area contributed by atoms with Gasteiger partial charge < -0.3 is 16.0 Å². The van der Waals surface area contributed by atoms with Crippen LogP contribution in [0, 0.1) is 5.92 Å². The molecule has 0 atom stereocenters. The van der Waals surface area contributed by atoms with Gasteiger partial charge in [0, 0.05) is 32.3 Å². The fourth-order valence-electron chi connectivity index (χ4n) is 2.06. The Morgan fingerprint density at radius 3 is 2.82 bits per heavy atom. The van der Waals surface area contributed by atoms with Crippen molar-refractivity contribution in [1.29, 1.82) is 0 Å². The number of hydrogen-bond acceptors (Lipinski definition) is 5. The van der Waals surface area contributed by atoms with E-state index in [9.17, 15) is 4.79 Å². The summed E-state index contributed by atoms with van der Waals surface area (Å²) in [6.07, 6.45) is 3.32. The van der Waals surface area contributed by atoms with Crippen LogP contribution in [-0.4, -0.2) is 36.0 Å². The Bertz CT molecular complexity index is 401. The van der Waals surface area contributed by atoms with Gasteiger partial charge in [0.05, 0.1) is 0 Å². The molecule has 0 aliphatic carbocycles. The van der Waals surface area contributed by atoms with Crippen LogP contribution in [0.1, 0.15) is 12.8 Å². The van der Waals surface area contributed by atoms with Crippen molar-refractivity contribution in [2.45, 2.75) is 12.8 Å². The molecule has 0 radical (unpaired) electrons. The molecule has 3 N–H and O–H groups in total. The molecule has 0 aromatic carbocycles. The summed E-state index contributed by atoms with van der Waals surface area (Å²) in [5, 5.41) is 2.69. The molecular formula is C11H17N5O. The van der Waals surface area contributed by atoms with Crippen molar-refractivity contribution in [2.24, 2.45) is 5.92 Å². The summed E-state index contributed by atoms with van der Waals surface area (Å²) in [4.78, 5) is 21.9. The van der Waals surface area contributed by atoms with Gasteiger partial charge in [0.15, 0.2) is 0 Å². The molecule has 1 amide bonds. The highest BCUT2D eigenvalue weighted by Crippen LogP contribution is 2.20. The number of carbonyl (C=O) groups excluding carboxylic acids is 1. The van der Waals surface area contributed by atoms with Crippen LogP contribution in [0.5, 0.6) is 0 Å². The smallest absolute Gasteiger partial charge is 0.227 e. The number of nitrogens with two attached hydrogens (primary N) is 1. The third kappa shape index (κ3) is 2.64. The lowest BCUT2D eigenvalue weighted by molar-refractivity contribution is -0.125. The standard InChI is InChI=1S/C11H17N5O/c1-13-10(17)8-3-6-16(7-4-8)11-14-5-2-9(12)15-11/h2,5,8H,3-4,6-7H2,1H3,(H,13,17)(H2,12,14,15). The molecule has 6 heteroatoms. The maximum absolute atomic E-state index is 11.5. The summed E-state index contributed by atoms with van der Waals surface area (Å²) in [6.45, 7) is 1.59. The molecule has 17 heavy (non-hydrogen) atoms. The summed E-state index contributed by atoms with van der Waals surface area (Å²) in [7, 11) is 1.68. The number of nitrogens with zero attached hydrogens (tertiary/aromatic N) is 3. The Balaban J connectivity index is 1.97. The number of piperidine rings is 1. The number of rotatable bonds is 2. The fourth-order valence-corrected chi connectivity index (χ4v) is 2.06. The van der Waals surface area contributed by atoms with Crippen LogP contribution in [0.4, 0.5) is 11.8 Å². The van der Waals surface area contributed by atoms with E-state index in [1.165, 1.54) is 0 Å². The summed E-state index contributed by atoms with van der Waals surface area (Å²) >= 11 is 0. The molecule has 0 bridgehead atoms. The van der Waals surface area contributed by atoms with Crippen LogP contribution < -0.4 is 16.0 Å². The minimum absolute atomic E-state index is 0.109. The lowest BCUT2D eigenvalue weighted by atomic mass is 9.96. The third-order valence-corrected chi connectivity index (χ3v) is 3.06. The predicted molar refractivity (Wildman–Crippen MR) is 65.4 cm³/mol. The molecule has 0 spiro atoms. The molecule has 2 rings (SSSR count). The van der Waals surface area contributed by atoms with E-state index in [1.807, 2.05) is 0 Å². The van der Waals surface area contributed by atoms with Gasteiger partial charge >= 0.3 is 0 Å². The van der Waals surface area contributed by atoms with Gasteiger partial charge in [-0.2, -0.15) is 4.98 Å². The predicted octanol–water partition coefficient (Wildman–Crippen LogP) is 0.0212. The summed E-state index contributed by atoms with van der Waals surface area (Å²) in [6, 6.07) is 1.67. The lowest BCUT2D eigenvalue weighted by Crippen LogP contribution is -2.40. The molecule has 1 aromatic heterocycles. The lowest BCUT2D eigenvalue weighted by Gasteiger charge is -2.31. The zero-order valence-electron chi connectivity index (χ0n) is 9.89. The van der Waals surface area contributed by atoms with E-state index in [2.05, 4.69) is 20.2 Å². The molecular weight excluding hydrogens is 218 g/mol. The van der Waals surface area contributed by atoms with E-state index in [1.54, 1.807) is 19.3 Å². The largest absolute Gasteiger partial charge is 0.384 e. The Morgan fingerprint density at radius 2 is 2.24 bits per heavy atom. The summed E-state index contributed by atoms with van der Waals surface area (Å²) in [5.41, 5.74) is 5.62. The Morgan fingerprint density at radius 1 is 1.53 bits per heavy atom. The van der Waals surface area contributed by atoms with E-state index in [-0.39, 0.29) is 11.8 Å². The molecule has 0 unspecified atom stereocenters. The molecule has 1 fully saturated rings. The number of carbonyl (C=O) groups is 1. The first-order valence-corrected chi connectivity index (χ1v) is 5.76. The molecule has 1 saturated heterocycles. The van der Waals surface area contributed by atoms with E-state index in [0.717, 1.165) is 25.9 Å². The molecule has 1 aliphatic heterocycles. The van der Waals surface area contributed by atoms with Crippen molar-refractivity contribution in [3.05, 3.63) is 12.3 Å². The second-order valence-electron chi connectivity index (χ2n) is 4.16. The van der Waals surface area contributed by atoms with Crippen molar-refractivity contribution in [1.82, 2.24) is 15.3 Å². The second-order valence-corrected chi connectivity index (χ2v) is 4.16. The Kier molecular flexibility index (Phi) is 3.41. The maximum Gasteiger partial charge on any atom is 0.227 e. The average molecular weight is 235 g/mol. The first-order chi connectivity index (χ1) is 8.20. The highest BCUT2D eigenvalue weighted by Gasteiger charge is 2.25. The van der Waals surface area contributed by atoms with Crippen LogP contribution in [-0.2, 0) is 4.79 Å². The van der Waals surface area contributed by atoms with Crippen molar-refractivity contribution in [3.63, 3.8) is 0 Å². The Hall–Kier alpha value is -1.85. The van der Waals surface area contributed by atoms with Gasteiger partial charge in [-0.25, -0.2) is 4.98 Å². The SMILES string of the molecule is CNC(=O)C1CCN(c2nccc(N)n2)CC1. The monoisotopic (exact) mass is 235 g/mol. The van der Waals surface area contributed by atoms with Crippen LogP contribution in [0.15, 0.2) is 12.3 Å². The van der Waals surface area contributed by atoms with Gasteiger partial charge in [0.1, 0.15) is 5.82 Å². The molecule has 2 heterocycles. The van der Waals surface area contributed by atoms with Crippen molar-refractivity contribution < 1.29 is 4.79 Å². The average Bonchev–Trinajstić information content (AvgIpc) is 2.38. The van der Waals surface area contributed by atoms with Crippen LogP contribution in [0.2, 0.25) is 0 Å². The zero-order valence-corrected chi connectivity index (χ0v) is 9.89. The number of hydrogen-bond donors (Lipinski definition) is 2. The van der Waals surface area contributed by atoms with Crippen molar-refractivity contribution in [2.75, 3.05) is 30.8 Å². The highest BCUT2D eigenvalue weighted by atomic mass is 16.1. The van der Waals surface area contributed by atoms with Crippen LogP contribution in [0.3, 0.4) is 0 Å². The minimum Gasteiger partial charge on any atom is -0.384 e. The van der Waals surface area contributed by atoms with E-state index in [0.29, 0.717) is 11.8 Å². The van der Waals surface area contributed by atoms with Crippen LogP contribution >= 0.6 is 0 Å². The van der Waals surface area contributed by atoms with Gasteiger partial charge in [0.2, 0.25) is 11.9 Å². The molecule has 0 saturated carbocycles. The quantitative estimate of drug-likeness (QED) is 0.755. The normalized spacial score (nSPS) is 16.9. The van der Waals surface area contributed by atoms with Gasteiger partial charge in [-0.05, 0) is 18.9 Å². The zero-order chi connectivity index (χ0) is 12.3. The molecule has 92 valence electrons. The van der Waals surface area contributed by atoms with E-state index in [4.69, 9.17) is 5.73 Å². The number of aromatic nitrogens is 2. The molecule has 1 aromatic rings. The summed E-state index contributed by atoms with van der Waals surface area (Å²) < 4.78 is 0. The van der Waals surface area contributed by atoms with E-state index >= 15 is 0 Å². The van der Waals surface area contributed by atoms with Crippen molar-refractivity contribution >= 4 is 17.7 Å². The van der Waals surface area contributed by atoms with Gasteiger partial charge in [0.25, 0.3) is 0 Å². The number of amides is 1. The van der Waals surface area contributed by atoms with Crippen LogP contribution in [0.25, 0.3) is 0 Å². The fraction of sp³-hybridized carbons (Fsp3) is 0.545. The highest BCUT2D eigenvalue weighted by molar-refractivity contribution is 5.78. The Labute approximate surface area is 100 Å².